The average Bonchev–Trinajstić information content (AvgIpc) is 3.14. The van der Waals surface area contributed by atoms with Gasteiger partial charge in [-0.15, -0.1) is 0 Å². The Balaban J connectivity index is 1.37. The second-order valence-corrected chi connectivity index (χ2v) is 8.44. The lowest BCUT2D eigenvalue weighted by Gasteiger charge is -2.36. The van der Waals surface area contributed by atoms with Crippen molar-refractivity contribution in [1.82, 2.24) is 0 Å². The summed E-state index contributed by atoms with van der Waals surface area (Å²) in [4.78, 5) is 13.1. The molecule has 0 unspecified atom stereocenters. The fourth-order valence-electron chi connectivity index (χ4n) is 4.16. The molecule has 0 saturated carbocycles. The van der Waals surface area contributed by atoms with Gasteiger partial charge in [0.15, 0.2) is 35.5 Å². The molecule has 1 N–H and O–H groups in total. The number of nitrogens with one attached hydrogen (secondary N) is 1. The van der Waals surface area contributed by atoms with Crippen molar-refractivity contribution in [3.63, 3.8) is 0 Å². The van der Waals surface area contributed by atoms with Gasteiger partial charge >= 0.3 is 0 Å². The first kappa shape index (κ1) is 19.1. The molecular formula is C20H25NO8. The normalized spacial score (nSPS) is 36.2. The van der Waals surface area contributed by atoms with Crippen LogP contribution in [-0.4, -0.2) is 61.4 Å². The first-order valence-electron chi connectivity index (χ1n) is 9.78. The first-order valence-corrected chi connectivity index (χ1v) is 9.78. The van der Waals surface area contributed by atoms with Gasteiger partial charge in [-0.2, -0.15) is 0 Å². The number of fused-ring (bicyclic) bond motifs is 4. The maximum absolute atomic E-state index is 13.1. The lowest BCUT2D eigenvalue weighted by atomic mass is 9.98. The van der Waals surface area contributed by atoms with Crippen LogP contribution in [0.15, 0.2) is 18.2 Å². The van der Waals surface area contributed by atoms with Crippen molar-refractivity contribution in [2.45, 2.75) is 70.0 Å². The largest absolute Gasteiger partial charge is 0.486 e. The van der Waals surface area contributed by atoms with E-state index in [1.807, 2.05) is 0 Å². The van der Waals surface area contributed by atoms with E-state index in [9.17, 15) is 4.79 Å². The van der Waals surface area contributed by atoms with Gasteiger partial charge in [0.1, 0.15) is 31.5 Å². The van der Waals surface area contributed by atoms with Gasteiger partial charge in [-0.05, 0) is 39.8 Å². The second-order valence-electron chi connectivity index (χ2n) is 8.44. The van der Waals surface area contributed by atoms with Crippen molar-refractivity contribution in [2.24, 2.45) is 0 Å². The predicted molar refractivity (Wildman–Crippen MR) is 98.6 cm³/mol. The van der Waals surface area contributed by atoms with Crippen LogP contribution in [0, 0.1) is 0 Å². The number of rotatable bonds is 2. The summed E-state index contributed by atoms with van der Waals surface area (Å²) in [5.41, 5.74) is 0.573. The number of benzene rings is 1. The number of amides is 1. The number of hydrogen-bond donors (Lipinski definition) is 1. The van der Waals surface area contributed by atoms with Crippen LogP contribution in [0.5, 0.6) is 11.5 Å². The molecule has 29 heavy (non-hydrogen) atoms. The zero-order chi connectivity index (χ0) is 20.4. The van der Waals surface area contributed by atoms with E-state index in [2.05, 4.69) is 5.32 Å². The van der Waals surface area contributed by atoms with E-state index in [0.29, 0.717) is 30.4 Å². The Bertz CT molecular complexity index is 825. The molecule has 1 aromatic rings. The van der Waals surface area contributed by atoms with E-state index in [1.54, 1.807) is 45.9 Å². The van der Waals surface area contributed by atoms with E-state index in [-0.39, 0.29) is 5.91 Å². The van der Waals surface area contributed by atoms with Gasteiger partial charge in [0, 0.05) is 11.8 Å². The fourth-order valence-corrected chi connectivity index (χ4v) is 4.16. The molecule has 0 aliphatic carbocycles. The summed E-state index contributed by atoms with van der Waals surface area (Å²) in [5.74, 6) is -0.813. The summed E-state index contributed by atoms with van der Waals surface area (Å²) in [6, 6.07) is 5.24. The van der Waals surface area contributed by atoms with Crippen LogP contribution < -0.4 is 14.8 Å². The minimum Gasteiger partial charge on any atom is -0.486 e. The Labute approximate surface area is 168 Å². The Morgan fingerprint density at radius 2 is 1.55 bits per heavy atom. The monoisotopic (exact) mass is 407 g/mol. The molecule has 4 heterocycles. The second kappa shape index (κ2) is 6.55. The van der Waals surface area contributed by atoms with Crippen LogP contribution in [0.25, 0.3) is 0 Å². The lowest BCUT2D eigenvalue weighted by Crippen LogP contribution is -2.58. The molecule has 0 spiro atoms. The Morgan fingerprint density at radius 3 is 2.34 bits per heavy atom. The number of carbonyl (C=O) groups excluding carboxylic acids is 1. The van der Waals surface area contributed by atoms with Gasteiger partial charge in [-0.1, -0.05) is 0 Å². The zero-order valence-corrected chi connectivity index (χ0v) is 16.8. The lowest BCUT2D eigenvalue weighted by molar-refractivity contribution is -0.229. The van der Waals surface area contributed by atoms with Gasteiger partial charge < -0.3 is 38.5 Å². The molecule has 1 amide bonds. The molecule has 5 rings (SSSR count). The molecule has 3 fully saturated rings. The molecule has 1 aromatic carbocycles. The Hall–Kier alpha value is -1.91. The van der Waals surface area contributed by atoms with Crippen LogP contribution in [0.2, 0.25) is 0 Å². The topological polar surface area (TPSA) is 93.7 Å². The highest BCUT2D eigenvalue weighted by Crippen LogP contribution is 2.44. The third-order valence-corrected chi connectivity index (χ3v) is 5.22. The van der Waals surface area contributed by atoms with Crippen molar-refractivity contribution >= 4 is 11.6 Å². The SMILES string of the molecule is CC1(C)O[C@@H]2O[C@H](C(=O)Nc3ccc4c(c3)OCCO4)[C@@H]3OC(C)(C)O[C@@H]3[C@@H]2O1. The highest BCUT2D eigenvalue weighted by Gasteiger charge is 2.62. The third-order valence-electron chi connectivity index (χ3n) is 5.22. The minimum atomic E-state index is -0.922. The van der Waals surface area contributed by atoms with Crippen molar-refractivity contribution < 1.29 is 38.0 Å². The van der Waals surface area contributed by atoms with E-state index in [4.69, 9.17) is 33.2 Å². The summed E-state index contributed by atoms with van der Waals surface area (Å²) in [5, 5.41) is 2.87. The minimum absolute atomic E-state index is 0.357. The number of ether oxygens (including phenoxy) is 7. The quantitative estimate of drug-likeness (QED) is 0.793. The molecule has 4 aliphatic rings. The molecule has 9 heteroatoms. The van der Waals surface area contributed by atoms with Gasteiger partial charge in [0.05, 0.1) is 0 Å². The summed E-state index contributed by atoms with van der Waals surface area (Å²) in [6.45, 7) is 8.18. The zero-order valence-electron chi connectivity index (χ0n) is 16.8. The number of anilines is 1. The predicted octanol–water partition coefficient (Wildman–Crippen LogP) is 1.79. The van der Waals surface area contributed by atoms with E-state index in [0.717, 1.165) is 0 Å². The van der Waals surface area contributed by atoms with Gasteiger partial charge in [0.25, 0.3) is 5.91 Å². The maximum Gasteiger partial charge on any atom is 0.256 e. The molecule has 0 aromatic heterocycles. The molecule has 9 nitrogen and oxygen atoms in total. The third kappa shape index (κ3) is 3.47. The molecule has 5 atom stereocenters. The van der Waals surface area contributed by atoms with Crippen molar-refractivity contribution in [3.8, 4) is 11.5 Å². The van der Waals surface area contributed by atoms with E-state index in [1.165, 1.54) is 0 Å². The van der Waals surface area contributed by atoms with Crippen LogP contribution in [-0.2, 0) is 28.5 Å². The van der Waals surface area contributed by atoms with Gasteiger partial charge in [-0.25, -0.2) is 0 Å². The first-order chi connectivity index (χ1) is 13.7. The molecular weight excluding hydrogens is 382 g/mol. The average molecular weight is 407 g/mol. The van der Waals surface area contributed by atoms with Crippen LogP contribution in [0.3, 0.4) is 0 Å². The maximum atomic E-state index is 13.1. The standard InChI is InChI=1S/C20H25NO8/c1-19(2)26-13-14(27-19)16-18(29-20(3,4)28-16)25-15(13)17(22)21-10-5-6-11-12(9-10)24-8-7-23-11/h5-6,9,13-16,18H,7-8H2,1-4H3,(H,21,22)/t13-,14+,15+,16+,18+/m1/s1. The van der Waals surface area contributed by atoms with Crippen molar-refractivity contribution in [1.29, 1.82) is 0 Å². The Kier molecular flexibility index (Phi) is 4.31. The molecule has 0 radical (unpaired) electrons. The van der Waals surface area contributed by atoms with E-state index < -0.39 is 42.3 Å². The molecule has 0 bridgehead atoms. The summed E-state index contributed by atoms with van der Waals surface area (Å²) in [7, 11) is 0. The number of carbonyl (C=O) groups is 1. The van der Waals surface area contributed by atoms with E-state index >= 15 is 0 Å². The molecule has 3 saturated heterocycles. The van der Waals surface area contributed by atoms with Crippen LogP contribution >= 0.6 is 0 Å². The highest BCUT2D eigenvalue weighted by atomic mass is 16.9. The smallest absolute Gasteiger partial charge is 0.256 e. The van der Waals surface area contributed by atoms with Crippen molar-refractivity contribution in [3.05, 3.63) is 18.2 Å². The summed E-state index contributed by atoms with van der Waals surface area (Å²) >= 11 is 0. The van der Waals surface area contributed by atoms with Crippen molar-refractivity contribution in [2.75, 3.05) is 18.5 Å². The highest BCUT2D eigenvalue weighted by molar-refractivity contribution is 5.95. The molecule has 4 aliphatic heterocycles. The van der Waals surface area contributed by atoms with Crippen LogP contribution in [0.1, 0.15) is 27.7 Å². The van der Waals surface area contributed by atoms with Gasteiger partial charge in [-0.3, -0.25) is 4.79 Å². The number of hydrogen-bond acceptors (Lipinski definition) is 8. The Morgan fingerprint density at radius 1 is 0.897 bits per heavy atom. The van der Waals surface area contributed by atoms with Gasteiger partial charge in [0.2, 0.25) is 0 Å². The molecule has 158 valence electrons. The summed E-state index contributed by atoms with van der Waals surface area (Å²) in [6.07, 6.45) is -3.23. The summed E-state index contributed by atoms with van der Waals surface area (Å²) < 4.78 is 40.9. The van der Waals surface area contributed by atoms with Crippen LogP contribution in [0.4, 0.5) is 5.69 Å². The fraction of sp³-hybridized carbons (Fsp3) is 0.650.